The molecule has 0 unspecified atom stereocenters. The molecule has 0 amide bonds. The smallest absolute Gasteiger partial charge is 0.391 e. The molecule has 0 aliphatic heterocycles. The van der Waals surface area contributed by atoms with Crippen LogP contribution in [0.1, 0.15) is 11.1 Å². The lowest BCUT2D eigenvalue weighted by Crippen LogP contribution is -1.88. The Bertz CT molecular complexity index is 278. The third-order valence-electron chi connectivity index (χ3n) is 1.51. The Morgan fingerprint density at radius 3 is 2.31 bits per heavy atom. The maximum Gasteiger partial charge on any atom is 0.391 e. The molecule has 0 aromatic heterocycles. The molecule has 0 atom stereocenters. The van der Waals surface area contributed by atoms with Crippen LogP contribution in [0, 0.1) is 13.8 Å². The van der Waals surface area contributed by atoms with E-state index < -0.39 is 8.60 Å². The van der Waals surface area contributed by atoms with Crippen molar-refractivity contribution in [1.29, 1.82) is 0 Å². The van der Waals surface area contributed by atoms with Gasteiger partial charge in [0.1, 0.15) is 5.75 Å². The van der Waals surface area contributed by atoms with Crippen molar-refractivity contribution in [3.05, 3.63) is 29.3 Å². The standard InChI is InChI=1S/C8H11O3P.ClH/c1-6-3-4-8(7(2)5-6)11-12(9)10;/h3-5,9-10H,1-2H3;1H. The predicted molar refractivity (Wildman–Crippen MR) is 55.1 cm³/mol. The van der Waals surface area contributed by atoms with Gasteiger partial charge in [0.25, 0.3) is 0 Å². The highest BCUT2D eigenvalue weighted by Crippen LogP contribution is 2.31. The Labute approximate surface area is 84.8 Å². The molecule has 1 rings (SSSR count). The number of hydrogen-bond donors (Lipinski definition) is 2. The van der Waals surface area contributed by atoms with Crippen molar-refractivity contribution >= 4 is 21.0 Å². The van der Waals surface area contributed by atoms with E-state index in [1.807, 2.05) is 26.0 Å². The van der Waals surface area contributed by atoms with Gasteiger partial charge in [-0.15, -0.1) is 12.4 Å². The SMILES string of the molecule is Cc1ccc(OP(O)O)c(C)c1.Cl. The van der Waals surface area contributed by atoms with E-state index >= 15 is 0 Å². The van der Waals surface area contributed by atoms with Crippen molar-refractivity contribution in [2.75, 3.05) is 0 Å². The van der Waals surface area contributed by atoms with E-state index in [1.54, 1.807) is 6.07 Å². The summed E-state index contributed by atoms with van der Waals surface area (Å²) >= 11 is 0. The zero-order valence-electron chi connectivity index (χ0n) is 7.39. The third kappa shape index (κ3) is 3.92. The molecular formula is C8H12ClO3P. The van der Waals surface area contributed by atoms with E-state index in [1.165, 1.54) is 0 Å². The van der Waals surface area contributed by atoms with Gasteiger partial charge in [0.2, 0.25) is 0 Å². The first kappa shape index (κ1) is 12.7. The van der Waals surface area contributed by atoms with Crippen LogP contribution in [0.2, 0.25) is 0 Å². The maximum atomic E-state index is 8.60. The Kier molecular flexibility index (Phi) is 5.26. The van der Waals surface area contributed by atoms with Crippen molar-refractivity contribution < 1.29 is 14.3 Å². The molecule has 0 spiro atoms. The van der Waals surface area contributed by atoms with E-state index in [-0.39, 0.29) is 12.4 Å². The lowest BCUT2D eigenvalue weighted by Gasteiger charge is -2.08. The first-order valence-electron chi connectivity index (χ1n) is 3.52. The zero-order chi connectivity index (χ0) is 9.14. The van der Waals surface area contributed by atoms with Crippen LogP contribution < -0.4 is 4.52 Å². The molecule has 1 aromatic rings. The summed E-state index contributed by atoms with van der Waals surface area (Å²) < 4.78 is 4.78. The van der Waals surface area contributed by atoms with Crippen molar-refractivity contribution in [3.8, 4) is 5.75 Å². The lowest BCUT2D eigenvalue weighted by molar-refractivity contribution is 0.374. The van der Waals surface area contributed by atoms with Crippen LogP contribution in [0.15, 0.2) is 18.2 Å². The Morgan fingerprint density at radius 2 is 1.85 bits per heavy atom. The highest BCUT2D eigenvalue weighted by molar-refractivity contribution is 7.39. The van der Waals surface area contributed by atoms with Gasteiger partial charge in [0.15, 0.2) is 0 Å². The second-order valence-corrected chi connectivity index (χ2v) is 3.30. The molecular weight excluding hydrogens is 211 g/mol. The minimum Gasteiger partial charge on any atom is -0.427 e. The minimum atomic E-state index is -2.30. The van der Waals surface area contributed by atoms with E-state index in [9.17, 15) is 0 Å². The normalized spacial score (nSPS) is 9.62. The van der Waals surface area contributed by atoms with Gasteiger partial charge >= 0.3 is 8.60 Å². The summed E-state index contributed by atoms with van der Waals surface area (Å²) in [5, 5.41) is 0. The van der Waals surface area contributed by atoms with Crippen LogP contribution in [0.4, 0.5) is 0 Å². The summed E-state index contributed by atoms with van der Waals surface area (Å²) in [4.78, 5) is 17.2. The lowest BCUT2D eigenvalue weighted by atomic mass is 10.1. The topological polar surface area (TPSA) is 49.7 Å². The molecule has 0 fully saturated rings. The van der Waals surface area contributed by atoms with Crippen LogP contribution in [-0.2, 0) is 0 Å². The molecule has 0 aliphatic carbocycles. The van der Waals surface area contributed by atoms with Crippen LogP contribution in [-0.4, -0.2) is 9.79 Å². The molecule has 2 N–H and O–H groups in total. The summed E-state index contributed by atoms with van der Waals surface area (Å²) in [7, 11) is -2.30. The molecule has 0 bridgehead atoms. The van der Waals surface area contributed by atoms with E-state index in [0.717, 1.165) is 11.1 Å². The molecule has 0 radical (unpaired) electrons. The van der Waals surface area contributed by atoms with Crippen LogP contribution >= 0.6 is 21.0 Å². The van der Waals surface area contributed by atoms with Gasteiger partial charge in [-0.25, -0.2) is 0 Å². The Morgan fingerprint density at radius 1 is 1.23 bits per heavy atom. The highest BCUT2D eigenvalue weighted by Gasteiger charge is 2.04. The minimum absolute atomic E-state index is 0. The van der Waals surface area contributed by atoms with Crippen molar-refractivity contribution in [2.45, 2.75) is 13.8 Å². The average Bonchev–Trinajstić information content (AvgIpc) is 1.94. The van der Waals surface area contributed by atoms with Crippen LogP contribution in [0.25, 0.3) is 0 Å². The fourth-order valence-corrected chi connectivity index (χ4v) is 1.37. The fraction of sp³-hybridized carbons (Fsp3) is 0.250. The van der Waals surface area contributed by atoms with Gasteiger partial charge in [-0.2, -0.15) is 0 Å². The van der Waals surface area contributed by atoms with Gasteiger partial charge in [0.05, 0.1) is 0 Å². The molecule has 1 aromatic carbocycles. The zero-order valence-corrected chi connectivity index (χ0v) is 9.10. The number of rotatable bonds is 2. The Hall–Kier alpha value is -0.340. The van der Waals surface area contributed by atoms with Gasteiger partial charge in [-0.05, 0) is 25.5 Å². The second kappa shape index (κ2) is 5.40. The van der Waals surface area contributed by atoms with Gasteiger partial charge in [-0.3, -0.25) is 0 Å². The average molecular weight is 223 g/mol. The van der Waals surface area contributed by atoms with Crippen LogP contribution in [0.3, 0.4) is 0 Å². The molecule has 13 heavy (non-hydrogen) atoms. The number of hydrogen-bond acceptors (Lipinski definition) is 3. The molecule has 0 aliphatic rings. The second-order valence-electron chi connectivity index (χ2n) is 2.61. The maximum absolute atomic E-state index is 8.60. The monoisotopic (exact) mass is 222 g/mol. The third-order valence-corrected chi connectivity index (χ3v) is 1.87. The summed E-state index contributed by atoms with van der Waals surface area (Å²) in [6.45, 7) is 3.83. The number of benzene rings is 1. The predicted octanol–water partition coefficient (Wildman–Crippen LogP) is 2.32. The number of halogens is 1. The molecule has 5 heteroatoms. The van der Waals surface area contributed by atoms with Gasteiger partial charge in [0, 0.05) is 0 Å². The van der Waals surface area contributed by atoms with Gasteiger partial charge in [-0.1, -0.05) is 17.7 Å². The highest BCUT2D eigenvalue weighted by atomic mass is 35.5. The largest absolute Gasteiger partial charge is 0.427 e. The fourth-order valence-electron chi connectivity index (χ4n) is 0.990. The van der Waals surface area contributed by atoms with E-state index in [0.29, 0.717) is 5.75 Å². The molecule has 0 saturated heterocycles. The molecule has 0 heterocycles. The first-order valence-corrected chi connectivity index (χ1v) is 4.69. The molecule has 0 saturated carbocycles. The summed E-state index contributed by atoms with van der Waals surface area (Å²) in [5.41, 5.74) is 2.03. The quantitative estimate of drug-likeness (QED) is 0.755. The first-order chi connectivity index (χ1) is 5.59. The summed E-state index contributed by atoms with van der Waals surface area (Å²) in [6.07, 6.45) is 0. The van der Waals surface area contributed by atoms with Gasteiger partial charge < -0.3 is 14.3 Å². The summed E-state index contributed by atoms with van der Waals surface area (Å²) in [5.74, 6) is 0.525. The van der Waals surface area contributed by atoms with Crippen molar-refractivity contribution in [3.63, 3.8) is 0 Å². The van der Waals surface area contributed by atoms with Crippen LogP contribution in [0.5, 0.6) is 5.75 Å². The van der Waals surface area contributed by atoms with E-state index in [2.05, 4.69) is 0 Å². The summed E-state index contributed by atoms with van der Waals surface area (Å²) in [6, 6.07) is 5.52. The Balaban J connectivity index is 0.00000144. The van der Waals surface area contributed by atoms with Crippen molar-refractivity contribution in [1.82, 2.24) is 0 Å². The molecule has 3 nitrogen and oxygen atoms in total. The molecule has 74 valence electrons. The van der Waals surface area contributed by atoms with E-state index in [4.69, 9.17) is 14.3 Å². The number of aryl methyl sites for hydroxylation is 2. The van der Waals surface area contributed by atoms with Crippen molar-refractivity contribution in [2.24, 2.45) is 0 Å².